The molecular formula is C57H52AgAuP2Si2+2. The van der Waals surface area contributed by atoms with Crippen molar-refractivity contribution in [2.75, 3.05) is 5.90 Å². The maximum atomic E-state index is 7.47. The molecule has 2 atom stereocenters. The monoisotopic (exact) mass is 1160 g/mol. The van der Waals surface area contributed by atoms with Crippen LogP contribution in [0.25, 0.3) is 22.3 Å². The Hall–Kier alpha value is -4.09. The fourth-order valence-electron chi connectivity index (χ4n) is 9.68. The number of allylic oxidation sites excluding steroid dienone is 4. The fourth-order valence-corrected chi connectivity index (χ4v) is 24.8. The normalized spacial score (nSPS) is 15.4. The van der Waals surface area contributed by atoms with Gasteiger partial charge in [-0.3, -0.25) is 11.8 Å². The molecule has 63 heavy (non-hydrogen) atoms. The summed E-state index contributed by atoms with van der Waals surface area (Å²) in [5, 5.41) is 10.3. The number of benzene rings is 7. The predicted molar refractivity (Wildman–Crippen MR) is 276 cm³/mol. The van der Waals surface area contributed by atoms with Gasteiger partial charge in [0, 0.05) is 6.42 Å². The molecule has 0 aromatic heterocycles. The second-order valence-electron chi connectivity index (χ2n) is 17.0. The molecule has 3 aliphatic rings. The molecule has 0 spiro atoms. The van der Waals surface area contributed by atoms with Gasteiger partial charge in [0.05, 0.1) is 35.0 Å². The van der Waals surface area contributed by atoms with Gasteiger partial charge in [-0.05, 0) is 75.1 Å². The predicted octanol–water partition coefficient (Wildman–Crippen LogP) is 10.1. The van der Waals surface area contributed by atoms with Crippen LogP contribution in [-0.2, 0) is 44.8 Å². The Labute approximate surface area is 412 Å². The molecular weight excluding hydrogens is 1110 g/mol. The zero-order chi connectivity index (χ0) is 42.4. The molecule has 7 aromatic carbocycles. The van der Waals surface area contributed by atoms with E-state index in [0.29, 0.717) is 5.66 Å². The van der Waals surface area contributed by atoms with Crippen molar-refractivity contribution in [2.24, 2.45) is 0 Å². The molecule has 0 bridgehead atoms. The Bertz CT molecular complexity index is 2650. The number of rotatable bonds is 6. The average molecular weight is 1160 g/mol. The van der Waals surface area contributed by atoms with Gasteiger partial charge in [0.15, 0.2) is 5.90 Å². The van der Waals surface area contributed by atoms with Crippen LogP contribution in [0.5, 0.6) is 0 Å². The van der Waals surface area contributed by atoms with Crippen LogP contribution in [0, 0.1) is 24.7 Å². The van der Waals surface area contributed by atoms with Crippen LogP contribution in [0.1, 0.15) is 17.5 Å². The van der Waals surface area contributed by atoms with E-state index in [1.165, 1.54) is 65.9 Å². The molecule has 2 aliphatic heterocycles. The van der Waals surface area contributed by atoms with Gasteiger partial charge in [0.25, 0.3) is 0 Å². The van der Waals surface area contributed by atoms with Gasteiger partial charge in [0.1, 0.15) is 18.5 Å². The Balaban J connectivity index is 0.000000161. The van der Waals surface area contributed by atoms with Crippen molar-refractivity contribution in [3.05, 3.63) is 224 Å². The van der Waals surface area contributed by atoms with Crippen molar-refractivity contribution in [3.63, 3.8) is 0 Å². The van der Waals surface area contributed by atoms with Crippen LogP contribution in [0.3, 0.4) is 0 Å². The third-order valence-electron chi connectivity index (χ3n) is 12.6. The zero-order valence-corrected chi connectivity index (χ0v) is 43.8. The van der Waals surface area contributed by atoms with E-state index in [2.05, 4.69) is 214 Å². The maximum absolute atomic E-state index is 7.47. The second-order valence-corrected chi connectivity index (χ2v) is 31.5. The van der Waals surface area contributed by atoms with Gasteiger partial charge in [-0.15, -0.1) is 33.6 Å². The van der Waals surface area contributed by atoms with Gasteiger partial charge >= 0.3 is 44.8 Å². The van der Waals surface area contributed by atoms with Gasteiger partial charge in [-0.25, -0.2) is 0 Å². The van der Waals surface area contributed by atoms with Crippen molar-refractivity contribution in [3.8, 4) is 34.1 Å². The molecule has 2 heterocycles. The molecule has 0 saturated carbocycles. The first-order chi connectivity index (χ1) is 29.7. The van der Waals surface area contributed by atoms with Gasteiger partial charge in [-0.2, -0.15) is 0 Å². The largest absolute Gasteiger partial charge is 1.00 e. The third-order valence-corrected chi connectivity index (χ3v) is 27.2. The molecule has 7 aromatic rings. The SMILES string of the molecule is C1=CCC([PH+](C[PH+](c2ccccc2)c2ccccc2)c2ccccc2)C=C1.[Ag+].[Au+].[C-]#Cc1cccc2c1[Si](C)(C)c1ccccc1-2.[C-]#Cc1cccc2c1[Si](C)(C)c1ccccc1-2. The average Bonchev–Trinajstić information content (AvgIpc) is 3.71. The molecule has 6 heteroatoms. The molecule has 0 amide bonds. The molecule has 318 valence electrons. The van der Waals surface area contributed by atoms with Crippen molar-refractivity contribution >= 4 is 68.7 Å². The molecule has 1 aliphatic carbocycles. The summed E-state index contributed by atoms with van der Waals surface area (Å²) in [5.41, 5.74) is 7.96. The first kappa shape index (κ1) is 48.4. The molecule has 0 nitrogen and oxygen atoms in total. The van der Waals surface area contributed by atoms with Gasteiger partial charge < -0.3 is 12.8 Å². The van der Waals surface area contributed by atoms with E-state index >= 15 is 0 Å². The first-order valence-corrected chi connectivity index (χ1v) is 30.8. The summed E-state index contributed by atoms with van der Waals surface area (Å²) in [6.07, 6.45) is 25.4. The van der Waals surface area contributed by atoms with Crippen molar-refractivity contribution < 1.29 is 44.8 Å². The zero-order valence-electron chi connectivity index (χ0n) is 36.1. The van der Waals surface area contributed by atoms with E-state index in [1.54, 1.807) is 5.30 Å². The fraction of sp³-hybridized carbons (Fsp3) is 0.123. The van der Waals surface area contributed by atoms with E-state index in [1.807, 2.05) is 24.3 Å². The van der Waals surface area contributed by atoms with Crippen LogP contribution in [-0.4, -0.2) is 27.7 Å². The summed E-state index contributed by atoms with van der Waals surface area (Å²) >= 11 is 0. The summed E-state index contributed by atoms with van der Waals surface area (Å²) in [6, 6.07) is 63.4. The van der Waals surface area contributed by atoms with Gasteiger partial charge in [0.2, 0.25) is 0 Å². The van der Waals surface area contributed by atoms with Crippen LogP contribution < -0.4 is 36.7 Å². The van der Waals surface area contributed by atoms with Crippen molar-refractivity contribution in [2.45, 2.75) is 38.3 Å². The van der Waals surface area contributed by atoms with E-state index in [0.717, 1.165) is 11.1 Å². The molecule has 2 unspecified atom stereocenters. The number of hydrogen-bond donors (Lipinski definition) is 0. The summed E-state index contributed by atoms with van der Waals surface area (Å²) in [5.74, 6) is 6.52. The molecule has 0 radical (unpaired) electrons. The Morgan fingerprint density at radius 2 is 0.889 bits per heavy atom. The molecule has 10 rings (SSSR count). The van der Waals surface area contributed by atoms with Crippen molar-refractivity contribution in [1.82, 2.24) is 0 Å². The topological polar surface area (TPSA) is 0 Å². The summed E-state index contributed by atoms with van der Waals surface area (Å²) in [4.78, 5) is 0. The minimum Gasteiger partial charge on any atom is -0.366 e. The van der Waals surface area contributed by atoms with Crippen LogP contribution >= 0.6 is 15.8 Å². The van der Waals surface area contributed by atoms with E-state index in [4.69, 9.17) is 12.8 Å². The minimum absolute atomic E-state index is 0. The van der Waals surface area contributed by atoms with Crippen LogP contribution in [0.4, 0.5) is 0 Å². The van der Waals surface area contributed by atoms with Crippen LogP contribution in [0.15, 0.2) is 200 Å². The third kappa shape index (κ3) is 10.1. The summed E-state index contributed by atoms with van der Waals surface area (Å²) in [7, 11) is -4.77. The number of hydrogen-bond acceptors (Lipinski definition) is 0. The van der Waals surface area contributed by atoms with E-state index < -0.39 is 32.0 Å². The first-order valence-electron chi connectivity index (χ1n) is 21.3. The summed E-state index contributed by atoms with van der Waals surface area (Å²) in [6.45, 7) is 9.44. The van der Waals surface area contributed by atoms with E-state index in [-0.39, 0.29) is 44.8 Å². The quantitative estimate of drug-likeness (QED) is 0.0674. The van der Waals surface area contributed by atoms with E-state index in [9.17, 15) is 0 Å². The minimum atomic E-state index is -1.63. The standard InChI is InChI=1S/C25H24P2.2C16H13Si.Ag.Au/c1-5-13-22(14-6-1)26(23-15-7-2-8-16-23)21-27(24-17-9-3-10-18-24)25-19-11-4-12-20-25;2*1-4-12-8-7-10-14-13-9-5-6-11-15(13)17(2,3)16(12)14;;/h1-19,25H,20-21H2;2*5-11H,2-3H3;;/q;2*-1;2*+1/p+2. The summed E-state index contributed by atoms with van der Waals surface area (Å²) < 4.78 is 0. The molecule has 0 saturated heterocycles. The van der Waals surface area contributed by atoms with Crippen molar-refractivity contribution in [1.29, 1.82) is 0 Å². The second kappa shape index (κ2) is 21.7. The maximum Gasteiger partial charge on any atom is 1.00 e. The smallest absolute Gasteiger partial charge is 0.366 e. The van der Waals surface area contributed by atoms with Crippen LogP contribution in [0.2, 0.25) is 26.2 Å². The Morgan fingerprint density at radius 1 is 0.492 bits per heavy atom. The van der Waals surface area contributed by atoms with Gasteiger partial charge in [-0.1, -0.05) is 172 Å². The Morgan fingerprint density at radius 3 is 1.30 bits per heavy atom. The number of fused-ring (bicyclic) bond motifs is 6. The Kier molecular flexibility index (Phi) is 16.7. The molecule has 0 N–H and O–H groups in total. The molecule has 0 fully saturated rings.